The molecule has 0 spiro atoms. The van der Waals surface area contributed by atoms with E-state index in [9.17, 15) is 0 Å². The fourth-order valence-corrected chi connectivity index (χ4v) is 14.8. The van der Waals surface area contributed by atoms with Gasteiger partial charge in [-0.1, -0.05) is 146 Å². The number of nitrogens with zero attached hydrogens (tertiary/aromatic N) is 8. The van der Waals surface area contributed by atoms with Crippen molar-refractivity contribution in [3.05, 3.63) is 194 Å². The number of benzene rings is 12. The van der Waals surface area contributed by atoms with Crippen molar-refractivity contribution in [3.63, 3.8) is 0 Å². The van der Waals surface area contributed by atoms with E-state index in [-0.39, 0.29) is 37.7 Å². The first-order valence-corrected chi connectivity index (χ1v) is 27.1. The number of hydrogen-bond acceptors (Lipinski definition) is 6. The van der Waals surface area contributed by atoms with Crippen LogP contribution in [0.3, 0.4) is 0 Å². The number of rotatable bonds is 0. The van der Waals surface area contributed by atoms with E-state index in [1.54, 1.807) is 0 Å². The molecule has 82 heavy (non-hydrogen) atoms. The van der Waals surface area contributed by atoms with E-state index in [0.717, 1.165) is 86.9 Å². The maximum absolute atomic E-state index is 5.58. The summed E-state index contributed by atoms with van der Waals surface area (Å²) in [7, 11) is 0. The molecule has 5 aromatic heterocycles. The van der Waals surface area contributed by atoms with E-state index < -0.39 is 0 Å². The van der Waals surface area contributed by atoms with E-state index in [2.05, 4.69) is 194 Å². The molecule has 0 atom stereocenters. The molecule has 362 valence electrons. The molecule has 19 aromatic rings. The zero-order valence-corrected chi connectivity index (χ0v) is 44.1. The van der Waals surface area contributed by atoms with Crippen molar-refractivity contribution in [1.29, 1.82) is 0 Å². The van der Waals surface area contributed by atoms with Gasteiger partial charge in [-0.2, -0.15) is 0 Å². The van der Waals surface area contributed by atoms with Gasteiger partial charge in [-0.05, 0) is 201 Å². The first-order chi connectivity index (χ1) is 39.6. The van der Waals surface area contributed by atoms with Crippen LogP contribution < -0.4 is 47.7 Å². The van der Waals surface area contributed by atoms with Gasteiger partial charge in [0.2, 0.25) is 0 Å². The number of hydrogen-bond donors (Lipinski definition) is 0. The molecular weight excluding hydrogens is 991 g/mol. The molecule has 8 bridgehead atoms. The van der Waals surface area contributed by atoms with Gasteiger partial charge in [0, 0.05) is 44.1 Å². The van der Waals surface area contributed by atoms with Crippen LogP contribution in [0.4, 0.5) is 0 Å². The minimum absolute atomic E-state index is 0. The third-order valence-corrected chi connectivity index (χ3v) is 18.2. The van der Waals surface area contributed by atoms with Crippen molar-refractivity contribution in [1.82, 2.24) is 39.9 Å². The molecule has 0 fully saturated rings. The largest absolute Gasteiger partial charge is 1.00 e. The smallest absolute Gasteiger partial charge is 0.357 e. The van der Waals surface area contributed by atoms with Gasteiger partial charge in [-0.3, -0.25) is 0 Å². The van der Waals surface area contributed by atoms with Gasteiger partial charge in [-0.15, -0.1) is 0 Å². The molecule has 0 N–H and O–H groups in total. The normalized spacial score (nSPS) is 12.7. The van der Waals surface area contributed by atoms with Gasteiger partial charge in [0.05, 0.1) is 22.6 Å². The van der Waals surface area contributed by atoms with E-state index in [1.165, 1.54) is 86.9 Å². The average molecular weight is 1020 g/mol. The molecule has 2 aliphatic carbocycles. The van der Waals surface area contributed by atoms with Crippen LogP contribution in [0, 0.1) is 0 Å². The second kappa shape index (κ2) is 15.6. The molecule has 0 amide bonds. The van der Waals surface area contributed by atoms with Gasteiger partial charge >= 0.3 is 37.7 Å². The Morgan fingerprint density at radius 3 is 0.707 bits per heavy atom. The molecule has 21 rings (SSSR count). The Labute approximate surface area is 487 Å². The maximum Gasteiger partial charge on any atom is 1.00 e. The molecule has 10 heteroatoms. The van der Waals surface area contributed by atoms with Crippen LogP contribution in [0.2, 0.25) is 0 Å². The Hall–Kier alpha value is -9.77. The summed E-state index contributed by atoms with van der Waals surface area (Å²) in [5, 5.41) is 26.2. The predicted molar refractivity (Wildman–Crippen MR) is 329 cm³/mol. The van der Waals surface area contributed by atoms with E-state index in [4.69, 9.17) is 39.9 Å². The molecule has 2 aliphatic rings. The molecular formula is C72H32Li2N8. The van der Waals surface area contributed by atoms with Crippen LogP contribution in [0.25, 0.3) is 219 Å². The van der Waals surface area contributed by atoms with E-state index >= 15 is 0 Å². The average Bonchev–Trinajstić information content (AvgIpc) is 2.57. The predicted octanol–water partition coefficient (Wildman–Crippen LogP) is 11.7. The maximum atomic E-state index is 5.58. The van der Waals surface area contributed by atoms with Crippen molar-refractivity contribution in [2.75, 3.05) is 0 Å². The van der Waals surface area contributed by atoms with Crippen molar-refractivity contribution in [3.8, 4) is 44.5 Å². The van der Waals surface area contributed by atoms with Crippen molar-refractivity contribution < 1.29 is 37.7 Å². The van der Waals surface area contributed by atoms with Gasteiger partial charge in [0.1, 0.15) is 0 Å². The van der Waals surface area contributed by atoms with Crippen LogP contribution in [-0.4, -0.2) is 29.9 Å². The van der Waals surface area contributed by atoms with Crippen molar-refractivity contribution in [2.45, 2.75) is 0 Å². The first-order valence-electron chi connectivity index (χ1n) is 27.1. The monoisotopic (exact) mass is 1020 g/mol. The molecule has 0 saturated carbocycles. The van der Waals surface area contributed by atoms with Crippen LogP contribution in [0.1, 0.15) is 0 Å². The van der Waals surface area contributed by atoms with E-state index in [1.807, 2.05) is 0 Å². The minimum atomic E-state index is 0. The summed E-state index contributed by atoms with van der Waals surface area (Å²) >= 11 is 0. The molecule has 8 nitrogen and oxygen atoms in total. The van der Waals surface area contributed by atoms with Gasteiger partial charge in [-0.25, -0.2) is 9.97 Å². The van der Waals surface area contributed by atoms with Gasteiger partial charge in [0.15, 0.2) is 0 Å². The SMILES string of the molecule is [Li+].[Li+].c1cc2c3c(cccc3c1)-c1cc3c4nc5nc(nc6[n-]c(nc7nc(nc([n-]4)c3cc1-2)c1cc2c(cc71)c1cccc3cccc2c31)c1cc2c(cc61)-c1cccc3cccc-2c13)c1cc2c(cc51)c1cccc3cccc2c31. The summed E-state index contributed by atoms with van der Waals surface area (Å²) in [5.41, 5.74) is 13.6. The standard InChI is InChI=1S/C72H32N8.2Li/c1-9-33-10-2-18-38-46-26-54-53(25-45(46)37(17-1)61(33)38)65-73-66(54)78-68-57-29-49-41-21-5-13-35-14-6-22-42(63(35)41)50(49)30-58(57)70(75-68)80-72-60-32-52-44-24-8-16-36-15-7-23-43(64(36)44)51(52)31-59(60)71(76-72)79-69-56-28-48-40-20-4-12-34-11-3-19-39(62(34)40)47(48)27-55(56)67(74-69)77-65;;/h1-32H;;/q-2;2*+1. The van der Waals surface area contributed by atoms with Crippen molar-refractivity contribution >= 4 is 174 Å². The molecule has 0 radical (unpaired) electrons. The minimum Gasteiger partial charge on any atom is -0.357 e. The molecule has 0 unspecified atom stereocenters. The summed E-state index contributed by atoms with van der Waals surface area (Å²) in [5.74, 6) is 0. The number of fused-ring (bicyclic) bond motifs is 32. The third-order valence-electron chi connectivity index (χ3n) is 18.2. The Morgan fingerprint density at radius 1 is 0.195 bits per heavy atom. The topological polar surface area (TPSA) is 106 Å². The zero-order valence-electron chi connectivity index (χ0n) is 44.1. The summed E-state index contributed by atoms with van der Waals surface area (Å²) in [6.07, 6.45) is 0. The quantitative estimate of drug-likeness (QED) is 0.138. The van der Waals surface area contributed by atoms with Crippen LogP contribution in [0.5, 0.6) is 0 Å². The molecule has 14 aromatic carbocycles. The summed E-state index contributed by atoms with van der Waals surface area (Å²) < 4.78 is 0. The Morgan fingerprint density at radius 2 is 0.439 bits per heavy atom. The fraction of sp³-hybridized carbons (Fsp3) is 0. The van der Waals surface area contributed by atoms with Crippen molar-refractivity contribution in [2.24, 2.45) is 0 Å². The third kappa shape index (κ3) is 5.55. The molecule has 5 heterocycles. The van der Waals surface area contributed by atoms with Crippen LogP contribution in [-0.2, 0) is 0 Å². The second-order valence-corrected chi connectivity index (χ2v) is 22.1. The Bertz CT molecular complexity index is 5570. The Balaban J connectivity index is 0.00000250. The van der Waals surface area contributed by atoms with Gasteiger partial charge in [0.25, 0.3) is 0 Å². The zero-order chi connectivity index (χ0) is 51.4. The summed E-state index contributed by atoms with van der Waals surface area (Å²) in [6, 6.07) is 70.7. The van der Waals surface area contributed by atoms with E-state index in [0.29, 0.717) is 45.2 Å². The molecule has 0 saturated heterocycles. The summed E-state index contributed by atoms with van der Waals surface area (Å²) in [6.45, 7) is 0. The fourth-order valence-electron chi connectivity index (χ4n) is 14.8. The first kappa shape index (κ1) is 45.0. The van der Waals surface area contributed by atoms with Crippen LogP contribution >= 0.6 is 0 Å². The van der Waals surface area contributed by atoms with Crippen LogP contribution in [0.15, 0.2) is 194 Å². The number of aromatic nitrogens is 8. The van der Waals surface area contributed by atoms with Gasteiger partial charge < -0.3 is 29.9 Å². The second-order valence-electron chi connectivity index (χ2n) is 22.1. The summed E-state index contributed by atoms with van der Waals surface area (Å²) in [4.78, 5) is 44.1. The Kier molecular flexibility index (Phi) is 8.55. The molecule has 0 aliphatic heterocycles.